The van der Waals surface area contributed by atoms with E-state index in [9.17, 15) is 14.4 Å². The van der Waals surface area contributed by atoms with Crippen LogP contribution in [0.25, 0.3) is 0 Å². The Labute approximate surface area is 158 Å². The lowest BCUT2D eigenvalue weighted by molar-refractivity contribution is 0.102. The van der Waals surface area contributed by atoms with Crippen LogP contribution in [0.4, 0.5) is 0 Å². The zero-order valence-corrected chi connectivity index (χ0v) is 16.3. The van der Waals surface area contributed by atoms with Crippen LogP contribution in [0.3, 0.4) is 0 Å². The number of aryl methyl sites for hydroxylation is 2. The molecule has 27 heavy (non-hydrogen) atoms. The van der Waals surface area contributed by atoms with E-state index in [2.05, 4.69) is 17.1 Å². The molecule has 1 N–H and O–H groups in total. The molecule has 0 fully saturated rings. The summed E-state index contributed by atoms with van der Waals surface area (Å²) in [5.41, 5.74) is 2.07. The van der Waals surface area contributed by atoms with Crippen molar-refractivity contribution in [1.82, 2.24) is 9.55 Å². The number of hydrogen-bond donors (Lipinski definition) is 1. The number of carbonyl (C=O) groups is 1. The van der Waals surface area contributed by atoms with Crippen molar-refractivity contribution in [1.29, 1.82) is 0 Å². The Morgan fingerprint density at radius 2 is 1.85 bits per heavy atom. The minimum atomic E-state index is -0.516. The molecule has 142 valence electrons. The molecule has 0 saturated heterocycles. The van der Waals surface area contributed by atoms with Gasteiger partial charge in [0.05, 0.1) is 0 Å². The molecule has 1 unspecified atom stereocenters. The first-order chi connectivity index (χ1) is 12.8. The molecule has 0 bridgehead atoms. The highest BCUT2D eigenvalue weighted by Gasteiger charge is 2.26. The molecule has 0 amide bonds. The molecule has 1 aliphatic carbocycles. The Bertz CT molecular complexity index is 1000. The fraction of sp³-hybridized carbons (Fsp3) is 0.409. The van der Waals surface area contributed by atoms with Gasteiger partial charge in [-0.25, -0.2) is 4.79 Å². The quantitative estimate of drug-likeness (QED) is 0.650. The molecular weight excluding hydrogens is 340 g/mol. The number of benzene rings is 1. The smallest absolute Gasteiger partial charge is 0.289 e. The summed E-state index contributed by atoms with van der Waals surface area (Å²) in [6.07, 6.45) is 6.09. The van der Waals surface area contributed by atoms with E-state index in [1.165, 1.54) is 4.57 Å². The van der Waals surface area contributed by atoms with Crippen molar-refractivity contribution >= 4 is 5.78 Å². The minimum absolute atomic E-state index is 0.176. The number of nitrogens with one attached hydrogen (secondary N) is 1. The fourth-order valence-corrected chi connectivity index (χ4v) is 3.87. The maximum atomic E-state index is 13.4. The number of carbonyl (C=O) groups excluding carboxylic acids is 1. The van der Waals surface area contributed by atoms with Crippen molar-refractivity contribution in [3.63, 3.8) is 0 Å². The molecule has 1 aromatic heterocycles. The van der Waals surface area contributed by atoms with Gasteiger partial charge in [-0.1, -0.05) is 43.2 Å². The maximum absolute atomic E-state index is 13.4. The van der Waals surface area contributed by atoms with Crippen LogP contribution in [0, 0.1) is 19.8 Å². The summed E-state index contributed by atoms with van der Waals surface area (Å²) in [6, 6.07) is 5.62. The molecular formula is C22H26N2O3. The number of allylic oxidation sites excluding steroid dienone is 2. The number of aromatic amines is 1. The summed E-state index contributed by atoms with van der Waals surface area (Å²) >= 11 is 0. The van der Waals surface area contributed by atoms with Crippen LogP contribution >= 0.6 is 0 Å². The molecule has 0 aliphatic heterocycles. The van der Waals surface area contributed by atoms with Gasteiger partial charge >= 0.3 is 5.69 Å². The molecule has 2 aromatic rings. The van der Waals surface area contributed by atoms with Crippen LogP contribution in [0.2, 0.25) is 0 Å². The summed E-state index contributed by atoms with van der Waals surface area (Å²) in [5, 5.41) is 0. The van der Waals surface area contributed by atoms with Crippen molar-refractivity contribution in [2.24, 2.45) is 5.92 Å². The Morgan fingerprint density at radius 3 is 2.41 bits per heavy atom. The van der Waals surface area contributed by atoms with Crippen molar-refractivity contribution in [2.45, 2.75) is 53.0 Å². The number of rotatable bonds is 5. The topological polar surface area (TPSA) is 71.9 Å². The van der Waals surface area contributed by atoms with Crippen LogP contribution in [0.1, 0.15) is 65.3 Å². The van der Waals surface area contributed by atoms with Gasteiger partial charge in [-0.2, -0.15) is 0 Å². The number of hydrogen-bond acceptors (Lipinski definition) is 3. The van der Waals surface area contributed by atoms with Crippen LogP contribution < -0.4 is 11.2 Å². The predicted molar refractivity (Wildman–Crippen MR) is 107 cm³/mol. The SMILES string of the molecule is Cc1cc(C)cc(C(=O)c2c(C(C)C)c(=O)[nH]c(=O)n2CC2C=CCC2)c1. The number of aromatic nitrogens is 2. The Morgan fingerprint density at radius 1 is 1.19 bits per heavy atom. The molecule has 0 radical (unpaired) electrons. The Kier molecular flexibility index (Phi) is 5.31. The number of H-pyrrole nitrogens is 1. The molecule has 1 atom stereocenters. The van der Waals surface area contributed by atoms with Gasteiger partial charge in [0.25, 0.3) is 5.56 Å². The molecule has 1 aliphatic rings. The summed E-state index contributed by atoms with van der Waals surface area (Å²) in [6.45, 7) is 8.00. The fourth-order valence-electron chi connectivity index (χ4n) is 3.87. The van der Waals surface area contributed by atoms with Crippen LogP contribution in [0.15, 0.2) is 39.9 Å². The number of nitrogens with zero attached hydrogens (tertiary/aromatic N) is 1. The largest absolute Gasteiger partial charge is 0.328 e. The van der Waals surface area contributed by atoms with Gasteiger partial charge in [-0.05, 0) is 50.7 Å². The van der Waals surface area contributed by atoms with Gasteiger partial charge in [0, 0.05) is 17.7 Å². The zero-order chi connectivity index (χ0) is 19.7. The predicted octanol–water partition coefficient (Wildman–Crippen LogP) is 3.47. The van der Waals surface area contributed by atoms with E-state index in [1.807, 2.05) is 45.9 Å². The lowest BCUT2D eigenvalue weighted by Gasteiger charge is -2.19. The maximum Gasteiger partial charge on any atom is 0.328 e. The van der Waals surface area contributed by atoms with E-state index >= 15 is 0 Å². The molecule has 5 nitrogen and oxygen atoms in total. The lowest BCUT2D eigenvalue weighted by atomic mass is 9.95. The van der Waals surface area contributed by atoms with E-state index < -0.39 is 11.2 Å². The second-order valence-electron chi connectivity index (χ2n) is 7.76. The highest BCUT2D eigenvalue weighted by Crippen LogP contribution is 2.23. The van der Waals surface area contributed by atoms with E-state index in [0.29, 0.717) is 17.7 Å². The minimum Gasteiger partial charge on any atom is -0.289 e. The third kappa shape index (κ3) is 3.87. The van der Waals surface area contributed by atoms with Crippen molar-refractivity contribution in [3.8, 4) is 0 Å². The van der Waals surface area contributed by atoms with E-state index in [-0.39, 0.29) is 23.3 Å². The first kappa shape index (κ1) is 19.1. The summed E-state index contributed by atoms with van der Waals surface area (Å²) in [4.78, 5) is 41.0. The van der Waals surface area contributed by atoms with Crippen molar-refractivity contribution < 1.29 is 4.79 Å². The lowest BCUT2D eigenvalue weighted by Crippen LogP contribution is -2.39. The molecule has 1 heterocycles. The number of ketones is 1. The van der Waals surface area contributed by atoms with Gasteiger partial charge in [-0.15, -0.1) is 0 Å². The van der Waals surface area contributed by atoms with Gasteiger partial charge < -0.3 is 0 Å². The van der Waals surface area contributed by atoms with Gasteiger partial charge in [-0.3, -0.25) is 19.1 Å². The summed E-state index contributed by atoms with van der Waals surface area (Å²) in [5.74, 6) is -0.250. The Hall–Kier alpha value is -2.69. The first-order valence-electron chi connectivity index (χ1n) is 9.44. The van der Waals surface area contributed by atoms with Gasteiger partial charge in [0.1, 0.15) is 5.69 Å². The molecule has 1 aromatic carbocycles. The third-order valence-corrected chi connectivity index (χ3v) is 5.04. The molecule has 0 spiro atoms. The van der Waals surface area contributed by atoms with Crippen molar-refractivity contribution in [2.75, 3.05) is 0 Å². The monoisotopic (exact) mass is 366 g/mol. The average Bonchev–Trinajstić information content (AvgIpc) is 3.08. The zero-order valence-electron chi connectivity index (χ0n) is 16.3. The van der Waals surface area contributed by atoms with E-state index in [1.54, 1.807) is 0 Å². The molecule has 0 saturated carbocycles. The summed E-state index contributed by atoms with van der Waals surface area (Å²) in [7, 11) is 0. The first-order valence-corrected chi connectivity index (χ1v) is 9.44. The second-order valence-corrected chi connectivity index (χ2v) is 7.76. The average molecular weight is 366 g/mol. The van der Waals surface area contributed by atoms with Gasteiger partial charge in [0.2, 0.25) is 5.78 Å². The Balaban J connectivity index is 2.23. The van der Waals surface area contributed by atoms with E-state index in [4.69, 9.17) is 0 Å². The standard InChI is InChI=1S/C22H26N2O3/c1-13(2)18-19(20(25)17-10-14(3)9-15(4)11-17)24(22(27)23-21(18)26)12-16-7-5-6-8-16/h5,7,9-11,13,16H,6,8,12H2,1-4H3,(H,23,26,27). The molecule has 5 heteroatoms. The van der Waals surface area contributed by atoms with Crippen LogP contribution in [-0.2, 0) is 6.54 Å². The third-order valence-electron chi connectivity index (χ3n) is 5.04. The highest BCUT2D eigenvalue weighted by atomic mass is 16.2. The van der Waals surface area contributed by atoms with Gasteiger partial charge in [0.15, 0.2) is 0 Å². The summed E-state index contributed by atoms with van der Waals surface area (Å²) < 4.78 is 1.47. The highest BCUT2D eigenvalue weighted by molar-refractivity contribution is 6.09. The second kappa shape index (κ2) is 7.51. The van der Waals surface area contributed by atoms with Crippen molar-refractivity contribution in [3.05, 3.63) is 79.1 Å². The van der Waals surface area contributed by atoms with Crippen LogP contribution in [-0.4, -0.2) is 15.3 Å². The van der Waals surface area contributed by atoms with E-state index in [0.717, 1.165) is 24.0 Å². The molecule has 3 rings (SSSR count). The van der Waals surface area contributed by atoms with Crippen LogP contribution in [0.5, 0.6) is 0 Å². The normalized spacial score (nSPS) is 16.3.